The van der Waals surface area contributed by atoms with Gasteiger partial charge in [0.1, 0.15) is 30.8 Å². The number of carbonyl (C=O) groups excluding carboxylic acids is 4. The van der Waals surface area contributed by atoms with Gasteiger partial charge < -0.3 is 24.1 Å². The number of aliphatic hydroxyl groups is 1. The monoisotopic (exact) mass is 707 g/mol. The van der Waals surface area contributed by atoms with Crippen LogP contribution < -0.4 is 14.8 Å². The van der Waals surface area contributed by atoms with E-state index in [1.807, 2.05) is 13.8 Å². The Morgan fingerprint density at radius 2 is 1.76 bits per heavy atom. The second-order valence-electron chi connectivity index (χ2n) is 12.0. The average Bonchev–Trinajstić information content (AvgIpc) is 3.68. The van der Waals surface area contributed by atoms with Gasteiger partial charge in [-0.3, -0.25) is 24.5 Å². The number of nitrogens with zero attached hydrogens (tertiary/aromatic N) is 1. The topological polar surface area (TPSA) is 205 Å². The van der Waals surface area contributed by atoms with Gasteiger partial charge in [-0.15, -0.1) is 0 Å². The Kier molecular flexibility index (Phi) is 12.3. The molecule has 0 aliphatic carbocycles. The molecule has 0 saturated carbocycles. The Balaban J connectivity index is 1.38. The van der Waals surface area contributed by atoms with Crippen LogP contribution in [0.2, 0.25) is 0 Å². The molecule has 4 rings (SSSR count). The summed E-state index contributed by atoms with van der Waals surface area (Å²) in [5.41, 5.74) is 1.64. The third-order valence-electron chi connectivity index (χ3n) is 7.63. The molecular formula is C32H41N3O13S. The van der Waals surface area contributed by atoms with E-state index in [0.717, 1.165) is 4.90 Å². The van der Waals surface area contributed by atoms with E-state index in [1.165, 1.54) is 21.0 Å². The molecule has 0 spiro atoms. The van der Waals surface area contributed by atoms with Gasteiger partial charge in [0.2, 0.25) is 10.0 Å². The molecule has 0 bridgehead atoms. The summed E-state index contributed by atoms with van der Waals surface area (Å²) in [6.07, 6.45) is -6.15. The number of methoxy groups -OCH3 is 1. The van der Waals surface area contributed by atoms with E-state index in [0.29, 0.717) is 29.0 Å². The molecule has 17 heteroatoms. The van der Waals surface area contributed by atoms with Crippen LogP contribution in [-0.2, 0) is 50.0 Å². The minimum absolute atomic E-state index is 0.0109. The third-order valence-corrected chi connectivity index (χ3v) is 8.94. The van der Waals surface area contributed by atoms with E-state index in [-0.39, 0.29) is 18.9 Å². The summed E-state index contributed by atoms with van der Waals surface area (Å²) >= 11 is 0. The van der Waals surface area contributed by atoms with Crippen molar-refractivity contribution in [3.8, 4) is 5.75 Å². The number of sulfonamides is 1. The van der Waals surface area contributed by atoms with E-state index in [1.54, 1.807) is 48.5 Å². The molecular weight excluding hydrogens is 666 g/mol. The number of benzene rings is 2. The predicted octanol–water partition coefficient (Wildman–Crippen LogP) is 2.81. The molecule has 2 fully saturated rings. The van der Waals surface area contributed by atoms with Gasteiger partial charge in [0, 0.05) is 20.3 Å². The summed E-state index contributed by atoms with van der Waals surface area (Å²) < 4.78 is 50.0. The van der Waals surface area contributed by atoms with Gasteiger partial charge in [0.25, 0.3) is 0 Å². The number of esters is 2. The first kappa shape index (κ1) is 37.2. The number of anilines is 1. The van der Waals surface area contributed by atoms with Crippen molar-refractivity contribution in [2.75, 3.05) is 24.2 Å². The predicted molar refractivity (Wildman–Crippen MR) is 171 cm³/mol. The summed E-state index contributed by atoms with van der Waals surface area (Å²) in [6, 6.07) is 11.7. The van der Waals surface area contributed by atoms with Crippen LogP contribution in [0.15, 0.2) is 48.5 Å². The zero-order valence-corrected chi connectivity index (χ0v) is 28.5. The van der Waals surface area contributed by atoms with Gasteiger partial charge in [0.05, 0.1) is 36.7 Å². The summed E-state index contributed by atoms with van der Waals surface area (Å²) in [6.45, 7) is 6.13. The molecule has 2 aliphatic heterocycles. The minimum atomic E-state index is -4.12. The van der Waals surface area contributed by atoms with Crippen LogP contribution in [0.5, 0.6) is 5.75 Å². The van der Waals surface area contributed by atoms with Gasteiger partial charge in [-0.2, -0.15) is 0 Å². The summed E-state index contributed by atoms with van der Waals surface area (Å²) in [7, 11) is -2.61. The van der Waals surface area contributed by atoms with Crippen molar-refractivity contribution < 1.29 is 61.4 Å². The molecule has 268 valence electrons. The first-order chi connectivity index (χ1) is 23.2. The Labute approximate surface area is 283 Å². The van der Waals surface area contributed by atoms with Crippen molar-refractivity contribution >= 4 is 39.8 Å². The first-order valence-electron chi connectivity index (χ1n) is 15.5. The molecule has 4 unspecified atom stereocenters. The van der Waals surface area contributed by atoms with Crippen molar-refractivity contribution in [1.29, 1.82) is 0 Å². The smallest absolute Gasteiger partial charge is 0.454 e. The number of carbonyl (C=O) groups is 4. The van der Waals surface area contributed by atoms with Crippen molar-refractivity contribution in [3.63, 3.8) is 0 Å². The second-order valence-corrected chi connectivity index (χ2v) is 13.8. The summed E-state index contributed by atoms with van der Waals surface area (Å²) in [4.78, 5) is 58.6. The molecule has 2 saturated heterocycles. The lowest BCUT2D eigenvalue weighted by atomic mass is 10.0. The first-order valence-corrected chi connectivity index (χ1v) is 17.2. The normalized spacial score (nSPS) is 22.1. The Hall–Kier alpha value is -4.61. The van der Waals surface area contributed by atoms with Crippen molar-refractivity contribution in [3.05, 3.63) is 59.7 Å². The van der Waals surface area contributed by atoms with Crippen LogP contribution in [0, 0.1) is 5.92 Å². The van der Waals surface area contributed by atoms with Crippen molar-refractivity contribution in [1.82, 2.24) is 10.2 Å². The highest BCUT2D eigenvalue weighted by Gasteiger charge is 2.58. The van der Waals surface area contributed by atoms with Crippen molar-refractivity contribution in [2.24, 2.45) is 5.92 Å². The average molecular weight is 708 g/mol. The standard InChI is InChI=1S/C32H41N3O13S/c1-18(2)13-22-14-23(43-5)11-12-24(22)34-49(41,42)17-25(38)30-29(21-9-7-6-8-10-21)35(30)32(40)48-47-31(39)33-28-15-26(45-20(4)37)27(46-28)16-44-19(3)36/h6-12,14,18,25-30,34,38H,13,15-17H2,1-5H3,(H,33,39)/t25-,26?,27?,28?,29?,30+,35?/m0/s1. The molecule has 3 N–H and O–H groups in total. The van der Waals surface area contributed by atoms with Crippen molar-refractivity contribution in [2.45, 2.75) is 77.2 Å². The van der Waals surface area contributed by atoms with Gasteiger partial charge in [-0.25, -0.2) is 27.8 Å². The molecule has 2 aliphatic rings. The highest BCUT2D eigenvalue weighted by atomic mass is 32.2. The fourth-order valence-corrected chi connectivity index (χ4v) is 6.86. The minimum Gasteiger partial charge on any atom is -0.497 e. The number of nitrogens with one attached hydrogen (secondary N) is 2. The van der Waals surface area contributed by atoms with Gasteiger partial charge in [0.15, 0.2) is 0 Å². The van der Waals surface area contributed by atoms with Crippen LogP contribution in [-0.4, -0.2) is 92.6 Å². The van der Waals surface area contributed by atoms with Crippen LogP contribution in [0.25, 0.3) is 0 Å². The van der Waals surface area contributed by atoms with E-state index in [4.69, 9.17) is 23.8 Å². The largest absolute Gasteiger partial charge is 0.497 e. The van der Waals surface area contributed by atoms with E-state index >= 15 is 0 Å². The molecule has 49 heavy (non-hydrogen) atoms. The van der Waals surface area contributed by atoms with E-state index < -0.39 is 76.5 Å². The fraction of sp³-hybridized carbons (Fsp3) is 0.500. The molecule has 0 radical (unpaired) electrons. The Bertz CT molecular complexity index is 1600. The molecule has 16 nitrogen and oxygen atoms in total. The number of ether oxygens (including phenoxy) is 4. The number of hydrogen-bond acceptors (Lipinski definition) is 13. The molecule has 0 aromatic heterocycles. The Morgan fingerprint density at radius 1 is 1.04 bits per heavy atom. The maximum atomic E-state index is 13.2. The van der Waals surface area contributed by atoms with E-state index in [9.17, 15) is 32.7 Å². The van der Waals surface area contributed by atoms with Crippen LogP contribution >= 0.6 is 0 Å². The Morgan fingerprint density at radius 3 is 2.39 bits per heavy atom. The van der Waals surface area contributed by atoms with Crippen LogP contribution in [0.1, 0.15) is 51.3 Å². The van der Waals surface area contributed by atoms with E-state index in [2.05, 4.69) is 14.9 Å². The lowest BCUT2D eigenvalue weighted by Gasteiger charge is -2.17. The summed E-state index contributed by atoms with van der Waals surface area (Å²) in [5, 5.41) is 13.4. The van der Waals surface area contributed by atoms with Crippen LogP contribution in [0.3, 0.4) is 0 Å². The zero-order valence-electron chi connectivity index (χ0n) is 27.7. The fourth-order valence-electron chi connectivity index (χ4n) is 5.59. The number of amides is 2. The lowest BCUT2D eigenvalue weighted by molar-refractivity contribution is -0.187. The number of hydrogen-bond donors (Lipinski definition) is 3. The van der Waals surface area contributed by atoms with Gasteiger partial charge in [-0.1, -0.05) is 44.2 Å². The maximum Gasteiger partial charge on any atom is 0.454 e. The third kappa shape index (κ3) is 10.4. The lowest BCUT2D eigenvalue weighted by Crippen LogP contribution is -2.37. The number of aliphatic hydroxyl groups excluding tert-OH is 1. The highest BCUT2D eigenvalue weighted by molar-refractivity contribution is 7.92. The van der Waals surface area contributed by atoms with Gasteiger partial charge in [-0.05, 0) is 41.7 Å². The maximum absolute atomic E-state index is 13.2. The molecule has 2 amide bonds. The van der Waals surface area contributed by atoms with Crippen LogP contribution in [0.4, 0.5) is 15.3 Å². The molecule has 6 atom stereocenters. The second kappa shape index (κ2) is 16.2. The number of rotatable bonds is 13. The van der Waals surface area contributed by atoms with Gasteiger partial charge >= 0.3 is 24.1 Å². The quantitative estimate of drug-likeness (QED) is 0.119. The molecule has 2 aromatic rings. The molecule has 2 aromatic carbocycles. The summed E-state index contributed by atoms with van der Waals surface area (Å²) in [5.74, 6) is -1.16. The molecule has 2 heterocycles. The SMILES string of the molecule is COc1ccc(NS(=O)(=O)C[C@H](O)[C@@H]2C(c3ccccc3)N2C(=O)OOC(=O)NC2CC(OC(C)=O)C(COC(C)=O)O2)c(CC(C)C)c1. The zero-order chi connectivity index (χ0) is 35.9. The highest BCUT2D eigenvalue weighted by Crippen LogP contribution is 2.46.